The van der Waals surface area contributed by atoms with E-state index in [1.165, 1.54) is 40.7 Å². The molecule has 1 fully saturated rings. The number of sulfonamides is 1. The van der Waals surface area contributed by atoms with Crippen molar-refractivity contribution >= 4 is 34.0 Å². The fraction of sp³-hybridized carbons (Fsp3) is 0.278. The van der Waals surface area contributed by atoms with E-state index in [1.807, 2.05) is 6.92 Å². The van der Waals surface area contributed by atoms with Gasteiger partial charge in [-0.15, -0.1) is 12.4 Å². The molecule has 1 aliphatic heterocycles. The fourth-order valence-corrected chi connectivity index (χ4v) is 4.31. The third kappa shape index (κ3) is 5.04. The van der Waals surface area contributed by atoms with Gasteiger partial charge in [-0.05, 0) is 55.5 Å². The predicted molar refractivity (Wildman–Crippen MR) is 104 cm³/mol. The van der Waals surface area contributed by atoms with Crippen LogP contribution >= 0.6 is 12.4 Å². The largest absolute Gasteiger partial charge is 0.322 e. The van der Waals surface area contributed by atoms with Crippen LogP contribution in [0.1, 0.15) is 17.3 Å². The van der Waals surface area contributed by atoms with Gasteiger partial charge in [-0.25, -0.2) is 12.8 Å². The van der Waals surface area contributed by atoms with Gasteiger partial charge in [0.05, 0.1) is 4.90 Å². The number of benzene rings is 2. The molecule has 2 N–H and O–H groups in total. The van der Waals surface area contributed by atoms with E-state index in [1.54, 1.807) is 12.1 Å². The molecule has 0 aliphatic carbocycles. The van der Waals surface area contributed by atoms with Crippen molar-refractivity contribution in [3.05, 3.63) is 59.9 Å². The summed E-state index contributed by atoms with van der Waals surface area (Å²) in [6.45, 7) is 3.41. The topological polar surface area (TPSA) is 78.5 Å². The molecule has 0 radical (unpaired) electrons. The monoisotopic (exact) mass is 413 g/mol. The summed E-state index contributed by atoms with van der Waals surface area (Å²) in [6, 6.07) is 11.3. The average Bonchev–Trinajstić information content (AvgIpc) is 2.62. The molecule has 9 heteroatoms. The van der Waals surface area contributed by atoms with Crippen LogP contribution in [0.25, 0.3) is 0 Å². The molecule has 2 aromatic rings. The highest BCUT2D eigenvalue weighted by Gasteiger charge is 2.28. The van der Waals surface area contributed by atoms with Crippen molar-refractivity contribution in [2.45, 2.75) is 17.9 Å². The maximum atomic E-state index is 12.9. The van der Waals surface area contributed by atoms with E-state index in [-0.39, 0.29) is 23.3 Å². The van der Waals surface area contributed by atoms with E-state index < -0.39 is 21.7 Å². The molecule has 27 heavy (non-hydrogen) atoms. The van der Waals surface area contributed by atoms with Crippen LogP contribution in [-0.2, 0) is 10.0 Å². The molecule has 3 rings (SSSR count). The lowest BCUT2D eigenvalue weighted by atomic mass is 10.2. The first-order valence-corrected chi connectivity index (χ1v) is 9.71. The summed E-state index contributed by atoms with van der Waals surface area (Å²) in [5.41, 5.74) is 0.782. The Morgan fingerprint density at radius 2 is 1.78 bits per heavy atom. The lowest BCUT2D eigenvalue weighted by Crippen LogP contribution is -2.51. The normalized spacial score (nSPS) is 17.8. The lowest BCUT2D eigenvalue weighted by Gasteiger charge is -2.31. The summed E-state index contributed by atoms with van der Waals surface area (Å²) in [4.78, 5) is 12.3. The number of carbonyl (C=O) groups is 1. The minimum absolute atomic E-state index is 0. The van der Waals surface area contributed by atoms with Crippen LogP contribution in [0.3, 0.4) is 0 Å². The van der Waals surface area contributed by atoms with Crippen LogP contribution in [0.15, 0.2) is 53.4 Å². The number of halogens is 2. The molecule has 6 nitrogen and oxygen atoms in total. The van der Waals surface area contributed by atoms with Crippen molar-refractivity contribution in [2.24, 2.45) is 0 Å². The summed E-state index contributed by atoms with van der Waals surface area (Å²) in [6.07, 6.45) is 0. The van der Waals surface area contributed by atoms with Gasteiger partial charge in [0.15, 0.2) is 0 Å². The summed E-state index contributed by atoms with van der Waals surface area (Å²) in [5, 5.41) is 5.87. The van der Waals surface area contributed by atoms with Crippen LogP contribution in [0.5, 0.6) is 0 Å². The zero-order valence-electron chi connectivity index (χ0n) is 14.7. The van der Waals surface area contributed by atoms with Gasteiger partial charge < -0.3 is 10.6 Å². The molecule has 146 valence electrons. The summed E-state index contributed by atoms with van der Waals surface area (Å²) >= 11 is 0. The van der Waals surface area contributed by atoms with Crippen molar-refractivity contribution in [3.8, 4) is 0 Å². The molecule has 2 aromatic carbocycles. The Balaban J connectivity index is 0.00000261. The van der Waals surface area contributed by atoms with E-state index in [4.69, 9.17) is 0 Å². The first-order valence-electron chi connectivity index (χ1n) is 8.27. The standard InChI is InChI=1S/C18H20FN3O3S.ClH/c1-13-12-22(11-10-20-13)26(24,25)17-8-6-16(7-9-17)21-18(23)14-2-4-15(19)5-3-14;/h2-9,13,20H,10-12H2,1H3,(H,21,23);1H. The second-order valence-electron chi connectivity index (χ2n) is 6.20. The molecule has 0 bridgehead atoms. The fourth-order valence-electron chi connectivity index (χ4n) is 2.78. The van der Waals surface area contributed by atoms with Gasteiger partial charge in [0.1, 0.15) is 5.82 Å². The maximum Gasteiger partial charge on any atom is 0.255 e. The zero-order chi connectivity index (χ0) is 18.7. The van der Waals surface area contributed by atoms with Gasteiger partial charge in [0, 0.05) is 36.9 Å². The minimum atomic E-state index is -3.56. The Hall–Kier alpha value is -2.00. The third-order valence-electron chi connectivity index (χ3n) is 4.19. The maximum absolute atomic E-state index is 12.9. The quantitative estimate of drug-likeness (QED) is 0.807. The van der Waals surface area contributed by atoms with Crippen LogP contribution in [0, 0.1) is 5.82 Å². The Labute approximate surface area is 164 Å². The molecule has 1 amide bonds. The van der Waals surface area contributed by atoms with E-state index in [0.717, 1.165) is 0 Å². The van der Waals surface area contributed by atoms with Crippen molar-refractivity contribution < 1.29 is 17.6 Å². The minimum Gasteiger partial charge on any atom is -0.322 e. The highest BCUT2D eigenvalue weighted by Crippen LogP contribution is 2.20. The van der Waals surface area contributed by atoms with E-state index in [0.29, 0.717) is 30.9 Å². The van der Waals surface area contributed by atoms with Gasteiger partial charge in [0.2, 0.25) is 10.0 Å². The van der Waals surface area contributed by atoms with E-state index >= 15 is 0 Å². The third-order valence-corrected chi connectivity index (χ3v) is 6.07. The van der Waals surface area contributed by atoms with E-state index in [9.17, 15) is 17.6 Å². The van der Waals surface area contributed by atoms with Crippen LogP contribution in [0.4, 0.5) is 10.1 Å². The zero-order valence-corrected chi connectivity index (χ0v) is 16.3. The number of rotatable bonds is 4. The predicted octanol–water partition coefficient (Wildman–Crippen LogP) is 2.48. The second kappa shape index (κ2) is 8.79. The van der Waals surface area contributed by atoms with Crippen LogP contribution in [-0.4, -0.2) is 44.3 Å². The number of carbonyl (C=O) groups excluding carboxylic acids is 1. The molecule has 0 spiro atoms. The number of nitrogens with one attached hydrogen (secondary N) is 2. The Bertz CT molecular complexity index is 889. The molecule has 1 unspecified atom stereocenters. The van der Waals surface area contributed by atoms with Gasteiger partial charge >= 0.3 is 0 Å². The van der Waals surface area contributed by atoms with Crippen LogP contribution < -0.4 is 10.6 Å². The highest BCUT2D eigenvalue weighted by molar-refractivity contribution is 7.89. The van der Waals surface area contributed by atoms with Gasteiger partial charge in [0.25, 0.3) is 5.91 Å². The Morgan fingerprint density at radius 3 is 2.37 bits per heavy atom. The smallest absolute Gasteiger partial charge is 0.255 e. The van der Waals surface area contributed by atoms with Crippen molar-refractivity contribution in [2.75, 3.05) is 25.0 Å². The Morgan fingerprint density at radius 1 is 1.15 bits per heavy atom. The van der Waals surface area contributed by atoms with Gasteiger partial charge in [-0.3, -0.25) is 4.79 Å². The molecule has 1 aliphatic rings. The number of anilines is 1. The molecule has 1 saturated heterocycles. The first-order chi connectivity index (χ1) is 12.4. The SMILES string of the molecule is CC1CN(S(=O)(=O)c2ccc(NC(=O)c3ccc(F)cc3)cc2)CCN1.Cl. The Kier molecular flexibility index (Phi) is 6.94. The number of hydrogen-bond acceptors (Lipinski definition) is 4. The molecular weight excluding hydrogens is 393 g/mol. The molecule has 0 aromatic heterocycles. The highest BCUT2D eigenvalue weighted by atomic mass is 35.5. The number of nitrogens with zero attached hydrogens (tertiary/aromatic N) is 1. The number of hydrogen-bond donors (Lipinski definition) is 2. The summed E-state index contributed by atoms with van der Waals surface area (Å²) < 4.78 is 39.8. The van der Waals surface area contributed by atoms with Crippen LogP contribution in [0.2, 0.25) is 0 Å². The molecular formula is C18H21ClFN3O3S. The molecule has 0 saturated carbocycles. The number of amides is 1. The second-order valence-corrected chi connectivity index (χ2v) is 8.14. The van der Waals surface area contributed by atoms with Crippen molar-refractivity contribution in [1.29, 1.82) is 0 Å². The summed E-state index contributed by atoms with van der Waals surface area (Å²) in [7, 11) is -3.56. The van der Waals surface area contributed by atoms with E-state index in [2.05, 4.69) is 10.6 Å². The molecule has 1 heterocycles. The summed E-state index contributed by atoms with van der Waals surface area (Å²) in [5.74, 6) is -0.810. The van der Waals surface area contributed by atoms with Crippen molar-refractivity contribution in [3.63, 3.8) is 0 Å². The molecule has 1 atom stereocenters. The average molecular weight is 414 g/mol. The van der Waals surface area contributed by atoms with Crippen molar-refractivity contribution in [1.82, 2.24) is 9.62 Å². The number of piperazine rings is 1. The van der Waals surface area contributed by atoms with Gasteiger partial charge in [-0.2, -0.15) is 4.31 Å². The first kappa shape index (κ1) is 21.3. The van der Waals surface area contributed by atoms with Gasteiger partial charge in [-0.1, -0.05) is 0 Å². The lowest BCUT2D eigenvalue weighted by molar-refractivity contribution is 0.102.